The van der Waals surface area contributed by atoms with Crippen LogP contribution in [0.25, 0.3) is 0 Å². The lowest BCUT2D eigenvalue weighted by atomic mass is 9.80. The topological polar surface area (TPSA) is 69.7 Å². The molecule has 0 aromatic heterocycles. The van der Waals surface area contributed by atoms with Gasteiger partial charge in [0.05, 0.1) is 6.04 Å². The summed E-state index contributed by atoms with van der Waals surface area (Å²) in [7, 11) is 0. The first-order valence-corrected chi connectivity index (χ1v) is 6.82. The van der Waals surface area contributed by atoms with Crippen molar-refractivity contribution in [3.8, 4) is 0 Å². The molecule has 4 fully saturated rings. The summed E-state index contributed by atoms with van der Waals surface area (Å²) in [5.41, 5.74) is -1.15. The van der Waals surface area contributed by atoms with E-state index in [9.17, 15) is 14.4 Å². The molecule has 0 aliphatic carbocycles. The second-order valence-corrected chi connectivity index (χ2v) is 6.26. The van der Waals surface area contributed by atoms with Crippen LogP contribution in [0.3, 0.4) is 0 Å². The van der Waals surface area contributed by atoms with Gasteiger partial charge in [0.15, 0.2) is 0 Å². The number of nitrogens with one attached hydrogen (secondary N) is 1. The van der Waals surface area contributed by atoms with Crippen LogP contribution in [0.1, 0.15) is 26.7 Å². The van der Waals surface area contributed by atoms with Gasteiger partial charge in [-0.3, -0.25) is 19.8 Å². The fraction of sp³-hybridized carbons (Fsp3) is 0.769. The van der Waals surface area contributed by atoms with E-state index in [0.717, 1.165) is 32.5 Å². The molecule has 4 amide bonds. The van der Waals surface area contributed by atoms with Crippen LogP contribution in [-0.4, -0.2) is 53.3 Å². The Bertz CT molecular complexity index is 452. The van der Waals surface area contributed by atoms with Gasteiger partial charge in [-0.2, -0.15) is 0 Å². The molecule has 4 aliphatic rings. The maximum absolute atomic E-state index is 12.5. The van der Waals surface area contributed by atoms with E-state index in [4.69, 9.17) is 0 Å². The number of barbiturate groups is 1. The van der Waals surface area contributed by atoms with E-state index in [1.807, 2.05) is 0 Å². The molecule has 4 aliphatic heterocycles. The molecule has 19 heavy (non-hydrogen) atoms. The third kappa shape index (κ3) is 1.77. The van der Waals surface area contributed by atoms with Gasteiger partial charge in [-0.25, -0.2) is 4.79 Å². The van der Waals surface area contributed by atoms with E-state index in [-0.39, 0.29) is 11.9 Å². The van der Waals surface area contributed by atoms with E-state index < -0.39 is 17.4 Å². The van der Waals surface area contributed by atoms with Crippen LogP contribution in [0.2, 0.25) is 0 Å². The summed E-state index contributed by atoms with van der Waals surface area (Å²) in [5.74, 6) is -0.483. The second kappa shape index (κ2) is 4.03. The Morgan fingerprint density at radius 1 is 1.16 bits per heavy atom. The standard InChI is InChI=1S/C13H19N3O3/c1-13(2)10(17)14-12(19)16(11(13)18)9-7-15-5-3-8(9)4-6-15/h8-9H,3-7H2,1-2H3,(H,14,17,19). The van der Waals surface area contributed by atoms with Crippen LogP contribution in [0, 0.1) is 11.3 Å². The minimum Gasteiger partial charge on any atom is -0.301 e. The first kappa shape index (κ1) is 12.6. The summed E-state index contributed by atoms with van der Waals surface area (Å²) in [6.07, 6.45) is 2.05. The van der Waals surface area contributed by atoms with Crippen molar-refractivity contribution in [2.45, 2.75) is 32.7 Å². The summed E-state index contributed by atoms with van der Waals surface area (Å²) < 4.78 is 0. The molecule has 104 valence electrons. The van der Waals surface area contributed by atoms with Gasteiger partial charge in [-0.05, 0) is 45.7 Å². The van der Waals surface area contributed by atoms with Crippen molar-refractivity contribution >= 4 is 17.8 Å². The highest BCUT2D eigenvalue weighted by Crippen LogP contribution is 2.34. The van der Waals surface area contributed by atoms with Crippen LogP contribution < -0.4 is 5.32 Å². The second-order valence-electron chi connectivity index (χ2n) is 6.26. The molecule has 0 spiro atoms. The summed E-state index contributed by atoms with van der Waals surface area (Å²) in [6, 6.07) is -0.629. The highest BCUT2D eigenvalue weighted by Gasteiger charge is 2.52. The van der Waals surface area contributed by atoms with E-state index in [1.165, 1.54) is 4.90 Å². The quantitative estimate of drug-likeness (QED) is 0.687. The number of fused-ring (bicyclic) bond motifs is 3. The molecule has 1 atom stereocenters. The lowest BCUT2D eigenvalue weighted by Gasteiger charge is -2.50. The molecule has 4 heterocycles. The van der Waals surface area contributed by atoms with E-state index >= 15 is 0 Å². The predicted molar refractivity (Wildman–Crippen MR) is 67.1 cm³/mol. The average molecular weight is 265 g/mol. The third-order valence-electron chi connectivity index (χ3n) is 4.71. The Morgan fingerprint density at radius 2 is 1.79 bits per heavy atom. The molecule has 6 nitrogen and oxygen atoms in total. The Morgan fingerprint density at radius 3 is 2.32 bits per heavy atom. The van der Waals surface area contributed by atoms with E-state index in [2.05, 4.69) is 10.2 Å². The normalized spacial score (nSPS) is 37.5. The van der Waals surface area contributed by atoms with Crippen molar-refractivity contribution in [1.29, 1.82) is 0 Å². The van der Waals surface area contributed by atoms with Crippen LogP contribution in [0.5, 0.6) is 0 Å². The molecule has 4 saturated heterocycles. The van der Waals surface area contributed by atoms with Crippen molar-refractivity contribution in [3.63, 3.8) is 0 Å². The number of urea groups is 1. The van der Waals surface area contributed by atoms with Crippen LogP contribution >= 0.6 is 0 Å². The molecular weight excluding hydrogens is 246 g/mol. The molecule has 4 rings (SSSR count). The number of carbonyl (C=O) groups is 3. The van der Waals surface area contributed by atoms with Gasteiger partial charge in [0.1, 0.15) is 5.41 Å². The highest BCUT2D eigenvalue weighted by atomic mass is 16.2. The minimum atomic E-state index is -1.15. The Hall–Kier alpha value is -1.43. The van der Waals surface area contributed by atoms with Gasteiger partial charge in [-0.15, -0.1) is 0 Å². The highest BCUT2D eigenvalue weighted by molar-refractivity contribution is 6.18. The van der Waals surface area contributed by atoms with Crippen molar-refractivity contribution in [1.82, 2.24) is 15.1 Å². The predicted octanol–water partition coefficient (Wildman–Crippen LogP) is 0.185. The van der Waals surface area contributed by atoms with Gasteiger partial charge >= 0.3 is 6.03 Å². The lowest BCUT2D eigenvalue weighted by Crippen LogP contribution is -2.69. The van der Waals surface area contributed by atoms with Crippen molar-refractivity contribution in [2.75, 3.05) is 19.6 Å². The maximum Gasteiger partial charge on any atom is 0.331 e. The Kier molecular flexibility index (Phi) is 2.67. The van der Waals surface area contributed by atoms with Gasteiger partial charge in [0.25, 0.3) is 0 Å². The fourth-order valence-corrected chi connectivity index (χ4v) is 3.33. The molecule has 1 unspecified atom stereocenters. The van der Waals surface area contributed by atoms with E-state index in [1.54, 1.807) is 13.8 Å². The first-order valence-electron chi connectivity index (χ1n) is 6.82. The molecule has 0 aromatic rings. The molecule has 0 saturated carbocycles. The number of rotatable bonds is 1. The first-order chi connectivity index (χ1) is 8.91. The van der Waals surface area contributed by atoms with Crippen LogP contribution in [0.4, 0.5) is 4.79 Å². The van der Waals surface area contributed by atoms with Crippen LogP contribution in [-0.2, 0) is 9.59 Å². The lowest BCUT2D eigenvalue weighted by molar-refractivity contribution is -0.153. The number of carbonyl (C=O) groups excluding carboxylic acids is 3. The average Bonchev–Trinajstić information content (AvgIpc) is 2.38. The number of amides is 4. The summed E-state index contributed by atoms with van der Waals surface area (Å²) in [4.78, 5) is 39.8. The number of nitrogens with zero attached hydrogens (tertiary/aromatic N) is 2. The SMILES string of the molecule is CC1(C)C(=O)NC(=O)N(C2CN3CCC2CC3)C1=O. The molecule has 6 heteroatoms. The zero-order chi connectivity index (χ0) is 13.8. The number of hydrogen-bond donors (Lipinski definition) is 1. The minimum absolute atomic E-state index is 0.0811. The van der Waals surface area contributed by atoms with Crippen molar-refractivity contribution < 1.29 is 14.4 Å². The van der Waals surface area contributed by atoms with Gasteiger partial charge in [-0.1, -0.05) is 0 Å². The number of piperidine rings is 3. The molecular formula is C13H19N3O3. The van der Waals surface area contributed by atoms with Crippen molar-refractivity contribution in [3.05, 3.63) is 0 Å². The van der Waals surface area contributed by atoms with Gasteiger partial charge in [0.2, 0.25) is 11.8 Å². The maximum atomic E-state index is 12.5. The summed E-state index contributed by atoms with van der Waals surface area (Å²) >= 11 is 0. The Labute approximate surface area is 112 Å². The van der Waals surface area contributed by atoms with Crippen molar-refractivity contribution in [2.24, 2.45) is 11.3 Å². The summed E-state index contributed by atoms with van der Waals surface area (Å²) in [5, 5.41) is 2.32. The largest absolute Gasteiger partial charge is 0.331 e. The number of imide groups is 2. The van der Waals surface area contributed by atoms with Gasteiger partial charge in [0, 0.05) is 6.54 Å². The summed E-state index contributed by atoms with van der Waals surface area (Å²) in [6.45, 7) is 5.99. The molecule has 2 bridgehead atoms. The number of hydrogen-bond acceptors (Lipinski definition) is 4. The third-order valence-corrected chi connectivity index (χ3v) is 4.71. The van der Waals surface area contributed by atoms with Crippen LogP contribution in [0.15, 0.2) is 0 Å². The smallest absolute Gasteiger partial charge is 0.301 e. The zero-order valence-electron chi connectivity index (χ0n) is 11.3. The Balaban J connectivity index is 1.89. The fourth-order valence-electron chi connectivity index (χ4n) is 3.33. The molecule has 0 radical (unpaired) electrons. The zero-order valence-corrected chi connectivity index (χ0v) is 11.3. The van der Waals surface area contributed by atoms with Gasteiger partial charge < -0.3 is 4.90 Å². The molecule has 1 N–H and O–H groups in total. The monoisotopic (exact) mass is 265 g/mol. The van der Waals surface area contributed by atoms with E-state index in [0.29, 0.717) is 5.92 Å². The molecule has 0 aromatic carbocycles.